The van der Waals surface area contributed by atoms with Crippen molar-refractivity contribution in [1.82, 2.24) is 4.90 Å². The molecule has 0 spiro atoms. The van der Waals surface area contributed by atoms with Gasteiger partial charge in [0.25, 0.3) is 0 Å². The number of carboxylic acid groups (broad SMARTS) is 1. The van der Waals surface area contributed by atoms with E-state index in [2.05, 4.69) is 0 Å². The highest BCUT2D eigenvalue weighted by Crippen LogP contribution is 2.16. The zero-order valence-electron chi connectivity index (χ0n) is 11.6. The topological polar surface area (TPSA) is 60.9 Å². The van der Waals surface area contributed by atoms with Crippen molar-refractivity contribution >= 4 is 17.7 Å². The number of likely N-dealkylation sites (N-methyl/N-ethyl adjacent to an activating group) is 1. The van der Waals surface area contributed by atoms with E-state index in [-0.39, 0.29) is 12.6 Å². The largest absolute Gasteiger partial charge is 0.480 e. The second kappa shape index (κ2) is 6.78. The molecule has 0 aromatic heterocycles. The number of benzene rings is 1. The summed E-state index contributed by atoms with van der Waals surface area (Å²) in [6.45, 7) is 6.20. The number of hydrogen-bond donors (Lipinski definition) is 1. The highest BCUT2D eigenvalue weighted by molar-refractivity contribution is 5.93. The van der Waals surface area contributed by atoms with Crippen molar-refractivity contribution < 1.29 is 14.7 Å². The summed E-state index contributed by atoms with van der Waals surface area (Å²) in [7, 11) is 0. The standard InChI is InChI=1S/C14H20N2O3/c1-4-15(10-13(17)18)14(19)16(5-2)12-8-6-11(3)7-9-12/h6-9H,4-5,10H2,1-3H3,(H,17,18). The van der Waals surface area contributed by atoms with Crippen LogP contribution in [0.2, 0.25) is 0 Å². The molecule has 1 rings (SSSR count). The first-order chi connectivity index (χ1) is 8.99. The summed E-state index contributed by atoms with van der Waals surface area (Å²) in [5.41, 5.74) is 1.90. The molecule has 0 bridgehead atoms. The van der Waals surface area contributed by atoms with E-state index in [1.807, 2.05) is 38.1 Å². The van der Waals surface area contributed by atoms with E-state index >= 15 is 0 Å². The molecule has 2 amide bonds. The van der Waals surface area contributed by atoms with E-state index < -0.39 is 5.97 Å². The zero-order valence-corrected chi connectivity index (χ0v) is 11.6. The minimum atomic E-state index is -1.00. The van der Waals surface area contributed by atoms with Crippen molar-refractivity contribution in [2.75, 3.05) is 24.5 Å². The fourth-order valence-corrected chi connectivity index (χ4v) is 1.80. The van der Waals surface area contributed by atoms with Gasteiger partial charge in [-0.1, -0.05) is 17.7 Å². The predicted molar refractivity (Wildman–Crippen MR) is 74.5 cm³/mol. The first kappa shape index (κ1) is 15.0. The Labute approximate surface area is 113 Å². The summed E-state index contributed by atoms with van der Waals surface area (Å²) in [5, 5.41) is 8.81. The van der Waals surface area contributed by atoms with Gasteiger partial charge in [-0.05, 0) is 32.9 Å². The number of rotatable bonds is 5. The summed E-state index contributed by atoms with van der Waals surface area (Å²) >= 11 is 0. The summed E-state index contributed by atoms with van der Waals surface area (Å²) in [6, 6.07) is 7.31. The number of nitrogens with zero attached hydrogens (tertiary/aromatic N) is 2. The van der Waals surface area contributed by atoms with Gasteiger partial charge in [-0.25, -0.2) is 4.79 Å². The van der Waals surface area contributed by atoms with Crippen molar-refractivity contribution in [3.8, 4) is 0 Å². The maximum atomic E-state index is 12.3. The van der Waals surface area contributed by atoms with Gasteiger partial charge >= 0.3 is 12.0 Å². The predicted octanol–water partition coefficient (Wildman–Crippen LogP) is 2.35. The van der Waals surface area contributed by atoms with E-state index in [0.29, 0.717) is 13.1 Å². The van der Waals surface area contributed by atoms with Crippen LogP contribution in [-0.2, 0) is 4.79 Å². The van der Waals surface area contributed by atoms with Crippen molar-refractivity contribution in [1.29, 1.82) is 0 Å². The molecule has 0 aliphatic carbocycles. The van der Waals surface area contributed by atoms with Crippen LogP contribution in [0.1, 0.15) is 19.4 Å². The SMILES string of the molecule is CCN(CC(=O)O)C(=O)N(CC)c1ccc(C)cc1. The second-order valence-corrected chi connectivity index (χ2v) is 4.27. The lowest BCUT2D eigenvalue weighted by Gasteiger charge is -2.28. The minimum Gasteiger partial charge on any atom is -0.480 e. The van der Waals surface area contributed by atoms with Crippen LogP contribution in [0.4, 0.5) is 10.5 Å². The van der Waals surface area contributed by atoms with Crippen LogP contribution in [-0.4, -0.2) is 41.6 Å². The minimum absolute atomic E-state index is 0.280. The number of amides is 2. The van der Waals surface area contributed by atoms with Gasteiger partial charge in [0.05, 0.1) is 0 Å². The van der Waals surface area contributed by atoms with Gasteiger partial charge in [-0.3, -0.25) is 9.69 Å². The highest BCUT2D eigenvalue weighted by Gasteiger charge is 2.21. The van der Waals surface area contributed by atoms with Crippen molar-refractivity contribution in [2.45, 2.75) is 20.8 Å². The Kier molecular flexibility index (Phi) is 5.36. The molecule has 5 nitrogen and oxygen atoms in total. The van der Waals surface area contributed by atoms with Gasteiger partial charge in [-0.2, -0.15) is 0 Å². The molecule has 0 atom stereocenters. The smallest absolute Gasteiger partial charge is 0.324 e. The van der Waals surface area contributed by atoms with Gasteiger partial charge in [0, 0.05) is 18.8 Å². The van der Waals surface area contributed by atoms with Crippen LogP contribution >= 0.6 is 0 Å². The Balaban J connectivity index is 2.92. The number of carboxylic acids is 1. The maximum absolute atomic E-state index is 12.3. The maximum Gasteiger partial charge on any atom is 0.324 e. The Morgan fingerprint density at radius 3 is 2.11 bits per heavy atom. The number of urea groups is 1. The molecule has 0 unspecified atom stereocenters. The lowest BCUT2D eigenvalue weighted by Crippen LogP contribution is -2.45. The van der Waals surface area contributed by atoms with E-state index in [1.165, 1.54) is 4.90 Å². The molecule has 1 aromatic rings. The molecule has 104 valence electrons. The molecule has 0 saturated carbocycles. The average molecular weight is 264 g/mol. The van der Waals surface area contributed by atoms with Crippen LogP contribution in [0.5, 0.6) is 0 Å². The third-order valence-corrected chi connectivity index (χ3v) is 2.87. The third-order valence-electron chi connectivity index (χ3n) is 2.87. The quantitative estimate of drug-likeness (QED) is 0.888. The summed E-state index contributed by atoms with van der Waals surface area (Å²) in [4.78, 5) is 26.0. The second-order valence-electron chi connectivity index (χ2n) is 4.27. The Hall–Kier alpha value is -2.04. The van der Waals surface area contributed by atoms with E-state index in [0.717, 1.165) is 11.3 Å². The monoisotopic (exact) mass is 264 g/mol. The molecule has 19 heavy (non-hydrogen) atoms. The normalized spacial score (nSPS) is 10.1. The van der Waals surface area contributed by atoms with Crippen LogP contribution in [0, 0.1) is 6.92 Å². The first-order valence-electron chi connectivity index (χ1n) is 6.34. The lowest BCUT2D eigenvalue weighted by atomic mass is 10.2. The van der Waals surface area contributed by atoms with Gasteiger partial charge in [0.1, 0.15) is 6.54 Å². The molecule has 1 N–H and O–H groups in total. The average Bonchev–Trinajstić information content (AvgIpc) is 2.38. The molecule has 5 heteroatoms. The number of hydrogen-bond acceptors (Lipinski definition) is 2. The lowest BCUT2D eigenvalue weighted by molar-refractivity contribution is -0.137. The van der Waals surface area contributed by atoms with Crippen LogP contribution in [0.3, 0.4) is 0 Å². The van der Waals surface area contributed by atoms with Gasteiger partial charge in [-0.15, -0.1) is 0 Å². The van der Waals surface area contributed by atoms with Crippen LogP contribution < -0.4 is 4.90 Å². The Morgan fingerprint density at radius 2 is 1.68 bits per heavy atom. The third kappa shape index (κ3) is 3.98. The van der Waals surface area contributed by atoms with E-state index in [4.69, 9.17) is 5.11 Å². The highest BCUT2D eigenvalue weighted by atomic mass is 16.4. The molecule has 0 saturated heterocycles. The summed E-state index contributed by atoms with van der Waals surface area (Å²) < 4.78 is 0. The Morgan fingerprint density at radius 1 is 1.11 bits per heavy atom. The summed E-state index contributed by atoms with van der Waals surface area (Å²) in [5.74, 6) is -1.00. The van der Waals surface area contributed by atoms with Crippen LogP contribution in [0.25, 0.3) is 0 Å². The molecule has 0 aliphatic heterocycles. The fraction of sp³-hybridized carbons (Fsp3) is 0.429. The molecule has 0 radical (unpaired) electrons. The molecular weight excluding hydrogens is 244 g/mol. The van der Waals surface area contributed by atoms with E-state index in [1.54, 1.807) is 11.8 Å². The summed E-state index contributed by atoms with van der Waals surface area (Å²) in [6.07, 6.45) is 0. The fourth-order valence-electron chi connectivity index (χ4n) is 1.80. The number of anilines is 1. The van der Waals surface area contributed by atoms with Crippen LogP contribution in [0.15, 0.2) is 24.3 Å². The number of carbonyl (C=O) groups excluding carboxylic acids is 1. The zero-order chi connectivity index (χ0) is 14.4. The van der Waals surface area contributed by atoms with Crippen molar-refractivity contribution in [2.24, 2.45) is 0 Å². The molecule has 0 heterocycles. The molecule has 0 aliphatic rings. The molecule has 0 fully saturated rings. The number of aliphatic carboxylic acids is 1. The first-order valence-corrected chi connectivity index (χ1v) is 6.34. The van der Waals surface area contributed by atoms with E-state index in [9.17, 15) is 9.59 Å². The van der Waals surface area contributed by atoms with Crippen molar-refractivity contribution in [3.05, 3.63) is 29.8 Å². The van der Waals surface area contributed by atoms with Gasteiger partial charge < -0.3 is 10.0 Å². The van der Waals surface area contributed by atoms with Crippen molar-refractivity contribution in [3.63, 3.8) is 0 Å². The molecule has 1 aromatic carbocycles. The molecular formula is C14H20N2O3. The Bertz CT molecular complexity index is 443. The van der Waals surface area contributed by atoms with Gasteiger partial charge in [0.2, 0.25) is 0 Å². The number of carbonyl (C=O) groups is 2. The van der Waals surface area contributed by atoms with Gasteiger partial charge in [0.15, 0.2) is 0 Å². The number of aryl methyl sites for hydroxylation is 1.